The van der Waals surface area contributed by atoms with Crippen LogP contribution in [0.3, 0.4) is 0 Å². The van der Waals surface area contributed by atoms with Gasteiger partial charge in [-0.3, -0.25) is 9.59 Å². The van der Waals surface area contributed by atoms with Gasteiger partial charge < -0.3 is 10.1 Å². The van der Waals surface area contributed by atoms with Crippen LogP contribution in [0.15, 0.2) is 47.6 Å². The molecule has 0 bridgehead atoms. The number of halogens is 2. The van der Waals surface area contributed by atoms with Crippen molar-refractivity contribution in [2.75, 3.05) is 12.4 Å². The second kappa shape index (κ2) is 9.22. The fourth-order valence-corrected chi connectivity index (χ4v) is 2.35. The van der Waals surface area contributed by atoms with E-state index in [1.54, 1.807) is 49.4 Å². The van der Waals surface area contributed by atoms with Gasteiger partial charge in [0, 0.05) is 21.3 Å². The van der Waals surface area contributed by atoms with E-state index in [2.05, 4.69) is 15.8 Å². The summed E-state index contributed by atoms with van der Waals surface area (Å²) in [5.74, 6) is -0.209. The van der Waals surface area contributed by atoms with Gasteiger partial charge in [-0.1, -0.05) is 23.2 Å². The molecule has 0 radical (unpaired) electrons. The maximum absolute atomic E-state index is 12.1. The van der Waals surface area contributed by atoms with E-state index in [1.807, 2.05) is 0 Å². The van der Waals surface area contributed by atoms with Crippen molar-refractivity contribution < 1.29 is 14.3 Å². The first-order valence-corrected chi connectivity index (χ1v) is 8.37. The Kier molecular flexibility index (Phi) is 7.00. The van der Waals surface area contributed by atoms with Gasteiger partial charge in [0.15, 0.2) is 0 Å². The van der Waals surface area contributed by atoms with Crippen LogP contribution in [0.4, 0.5) is 5.69 Å². The second-order valence-electron chi connectivity index (χ2n) is 5.36. The van der Waals surface area contributed by atoms with Gasteiger partial charge in [-0.15, -0.1) is 0 Å². The Hall–Kier alpha value is -2.57. The van der Waals surface area contributed by atoms with Gasteiger partial charge in [0.2, 0.25) is 5.91 Å². The number of hydrazone groups is 1. The molecule has 2 aromatic rings. The predicted octanol–water partition coefficient (Wildman–Crippen LogP) is 4.14. The molecule has 0 aliphatic rings. The van der Waals surface area contributed by atoms with Gasteiger partial charge in [-0.05, 0) is 49.4 Å². The van der Waals surface area contributed by atoms with E-state index in [-0.39, 0.29) is 12.3 Å². The number of hydrogen-bond donors (Lipinski definition) is 2. The number of carbonyl (C=O) groups is 2. The predicted molar refractivity (Wildman–Crippen MR) is 103 cm³/mol. The molecular formula is C18H17Cl2N3O3. The Bertz CT molecular complexity index is 836. The van der Waals surface area contributed by atoms with Gasteiger partial charge in [0.05, 0.1) is 19.2 Å². The Labute approximate surface area is 161 Å². The van der Waals surface area contributed by atoms with Crippen molar-refractivity contribution in [3.8, 4) is 5.75 Å². The lowest BCUT2D eigenvalue weighted by Gasteiger charge is -2.10. The van der Waals surface area contributed by atoms with E-state index in [4.69, 9.17) is 27.9 Å². The number of amides is 2. The SMILES string of the molecule is COc1ccc(Cl)cc1NC(=O)C/C(C)=N\NC(=O)c1ccc(Cl)cc1. The largest absolute Gasteiger partial charge is 0.495 e. The fraction of sp³-hybridized carbons (Fsp3) is 0.167. The van der Waals surface area contributed by atoms with Crippen LogP contribution < -0.4 is 15.5 Å². The molecule has 26 heavy (non-hydrogen) atoms. The van der Waals surface area contributed by atoms with Gasteiger partial charge in [0.1, 0.15) is 5.75 Å². The number of anilines is 1. The minimum absolute atomic E-state index is 0.00341. The Morgan fingerprint density at radius 3 is 2.38 bits per heavy atom. The number of carbonyl (C=O) groups excluding carboxylic acids is 2. The smallest absolute Gasteiger partial charge is 0.271 e. The summed E-state index contributed by atoms with van der Waals surface area (Å²) in [6.07, 6.45) is -0.00341. The maximum atomic E-state index is 12.1. The number of benzene rings is 2. The van der Waals surface area contributed by atoms with Gasteiger partial charge >= 0.3 is 0 Å². The highest BCUT2D eigenvalue weighted by Crippen LogP contribution is 2.27. The molecule has 0 spiro atoms. The fourth-order valence-electron chi connectivity index (χ4n) is 2.06. The van der Waals surface area contributed by atoms with Crippen LogP contribution in [-0.4, -0.2) is 24.6 Å². The topological polar surface area (TPSA) is 79.8 Å². The monoisotopic (exact) mass is 393 g/mol. The van der Waals surface area contributed by atoms with Crippen LogP contribution in [0.1, 0.15) is 23.7 Å². The summed E-state index contributed by atoms with van der Waals surface area (Å²) in [6.45, 7) is 1.64. The minimum atomic E-state index is -0.391. The van der Waals surface area contributed by atoms with E-state index in [0.717, 1.165) is 0 Å². The molecule has 136 valence electrons. The Morgan fingerprint density at radius 1 is 1.08 bits per heavy atom. The molecule has 2 rings (SSSR count). The molecule has 2 aromatic carbocycles. The average Bonchev–Trinajstić information content (AvgIpc) is 2.60. The van der Waals surface area contributed by atoms with Crippen LogP contribution in [0.2, 0.25) is 10.0 Å². The molecule has 2 amide bonds. The van der Waals surface area contributed by atoms with Gasteiger partial charge in [-0.2, -0.15) is 5.10 Å². The van der Waals surface area contributed by atoms with E-state index in [1.165, 1.54) is 7.11 Å². The summed E-state index contributed by atoms with van der Waals surface area (Å²) in [6, 6.07) is 11.3. The first-order chi connectivity index (χ1) is 12.4. The first kappa shape index (κ1) is 19.8. The molecule has 8 heteroatoms. The molecule has 0 heterocycles. The lowest BCUT2D eigenvalue weighted by Crippen LogP contribution is -2.21. The lowest BCUT2D eigenvalue weighted by molar-refractivity contribution is -0.115. The molecule has 0 unspecified atom stereocenters. The van der Waals surface area contributed by atoms with Crippen molar-refractivity contribution in [2.45, 2.75) is 13.3 Å². The van der Waals surface area contributed by atoms with E-state index in [0.29, 0.717) is 32.8 Å². The quantitative estimate of drug-likeness (QED) is 0.571. The highest BCUT2D eigenvalue weighted by molar-refractivity contribution is 6.31. The molecule has 6 nitrogen and oxygen atoms in total. The molecule has 0 atom stereocenters. The second-order valence-corrected chi connectivity index (χ2v) is 6.24. The highest BCUT2D eigenvalue weighted by Gasteiger charge is 2.10. The average molecular weight is 394 g/mol. The minimum Gasteiger partial charge on any atom is -0.495 e. The van der Waals surface area contributed by atoms with Crippen LogP contribution in [0, 0.1) is 0 Å². The summed E-state index contributed by atoms with van der Waals surface area (Å²) in [4.78, 5) is 24.1. The Morgan fingerprint density at radius 2 is 1.73 bits per heavy atom. The molecule has 0 saturated carbocycles. The number of ether oxygens (including phenoxy) is 1. The number of methoxy groups -OCH3 is 1. The molecular weight excluding hydrogens is 377 g/mol. The van der Waals surface area contributed by atoms with Crippen molar-refractivity contribution >= 4 is 46.4 Å². The van der Waals surface area contributed by atoms with Crippen molar-refractivity contribution in [3.63, 3.8) is 0 Å². The van der Waals surface area contributed by atoms with Crippen LogP contribution in [0.25, 0.3) is 0 Å². The molecule has 0 aliphatic carbocycles. The zero-order chi connectivity index (χ0) is 19.1. The lowest BCUT2D eigenvalue weighted by atomic mass is 10.2. The van der Waals surface area contributed by atoms with Crippen LogP contribution >= 0.6 is 23.2 Å². The van der Waals surface area contributed by atoms with Crippen molar-refractivity contribution in [3.05, 3.63) is 58.1 Å². The molecule has 0 fully saturated rings. The summed E-state index contributed by atoms with van der Waals surface area (Å²) >= 11 is 11.7. The summed E-state index contributed by atoms with van der Waals surface area (Å²) < 4.78 is 5.17. The normalized spacial score (nSPS) is 11.0. The third kappa shape index (κ3) is 5.75. The Balaban J connectivity index is 1.94. The van der Waals surface area contributed by atoms with Crippen molar-refractivity contribution in [2.24, 2.45) is 5.10 Å². The van der Waals surface area contributed by atoms with Crippen LogP contribution in [0.5, 0.6) is 5.75 Å². The van der Waals surface area contributed by atoms with E-state index < -0.39 is 5.91 Å². The number of nitrogens with zero attached hydrogens (tertiary/aromatic N) is 1. The summed E-state index contributed by atoms with van der Waals surface area (Å²) in [5, 5.41) is 7.64. The van der Waals surface area contributed by atoms with E-state index >= 15 is 0 Å². The number of rotatable bonds is 6. The third-order valence-electron chi connectivity index (χ3n) is 3.31. The summed E-state index contributed by atoms with van der Waals surface area (Å²) in [5.41, 5.74) is 3.71. The van der Waals surface area contributed by atoms with Gasteiger partial charge in [0.25, 0.3) is 5.91 Å². The summed E-state index contributed by atoms with van der Waals surface area (Å²) in [7, 11) is 1.50. The number of nitrogens with one attached hydrogen (secondary N) is 2. The molecule has 0 saturated heterocycles. The zero-order valence-electron chi connectivity index (χ0n) is 14.2. The highest BCUT2D eigenvalue weighted by atomic mass is 35.5. The molecule has 0 aliphatic heterocycles. The zero-order valence-corrected chi connectivity index (χ0v) is 15.7. The first-order valence-electron chi connectivity index (χ1n) is 7.61. The standard InChI is InChI=1S/C18H17Cl2N3O3/c1-11(22-23-18(25)12-3-5-13(19)6-4-12)9-17(24)21-15-10-14(20)7-8-16(15)26-2/h3-8,10H,9H2,1-2H3,(H,21,24)(H,23,25)/b22-11-. The third-order valence-corrected chi connectivity index (χ3v) is 3.79. The van der Waals surface area contributed by atoms with Gasteiger partial charge in [-0.25, -0.2) is 5.43 Å². The van der Waals surface area contributed by atoms with Crippen LogP contribution in [-0.2, 0) is 4.79 Å². The number of hydrogen-bond acceptors (Lipinski definition) is 4. The molecule has 0 aromatic heterocycles. The molecule has 2 N–H and O–H groups in total. The van der Waals surface area contributed by atoms with Crippen molar-refractivity contribution in [1.82, 2.24) is 5.43 Å². The van der Waals surface area contributed by atoms with E-state index in [9.17, 15) is 9.59 Å². The maximum Gasteiger partial charge on any atom is 0.271 e. The van der Waals surface area contributed by atoms with Crippen molar-refractivity contribution in [1.29, 1.82) is 0 Å².